The van der Waals surface area contributed by atoms with E-state index in [1.807, 2.05) is 18.7 Å². The molecule has 0 unspecified atom stereocenters. The van der Waals surface area contributed by atoms with Crippen molar-refractivity contribution >= 4 is 35.8 Å². The van der Waals surface area contributed by atoms with Crippen molar-refractivity contribution in [1.29, 1.82) is 0 Å². The average Bonchev–Trinajstić information content (AvgIpc) is 2.67. The van der Waals surface area contributed by atoms with Gasteiger partial charge in [0, 0.05) is 38.1 Å². The van der Waals surface area contributed by atoms with Crippen molar-refractivity contribution in [2.75, 3.05) is 26.2 Å². The maximum atomic E-state index is 12.2. The van der Waals surface area contributed by atoms with Crippen LogP contribution in [0.4, 0.5) is 0 Å². The van der Waals surface area contributed by atoms with E-state index in [2.05, 4.69) is 61.7 Å². The summed E-state index contributed by atoms with van der Waals surface area (Å²) in [5.74, 6) is 1.23. The van der Waals surface area contributed by atoms with Gasteiger partial charge in [-0.05, 0) is 37.2 Å². The summed E-state index contributed by atoms with van der Waals surface area (Å²) >= 11 is 0. The molecule has 2 N–H and O–H groups in total. The van der Waals surface area contributed by atoms with Crippen LogP contribution in [0.3, 0.4) is 0 Å². The van der Waals surface area contributed by atoms with Crippen LogP contribution in [0.15, 0.2) is 35.3 Å². The van der Waals surface area contributed by atoms with Gasteiger partial charge in [-0.1, -0.05) is 58.0 Å². The summed E-state index contributed by atoms with van der Waals surface area (Å²) < 4.78 is 0. The van der Waals surface area contributed by atoms with Crippen LogP contribution in [-0.4, -0.2) is 49.0 Å². The third-order valence-electron chi connectivity index (χ3n) is 5.18. The van der Waals surface area contributed by atoms with Gasteiger partial charge >= 0.3 is 0 Å². The van der Waals surface area contributed by atoms with Gasteiger partial charge in [-0.3, -0.25) is 9.79 Å². The molecule has 164 valence electrons. The van der Waals surface area contributed by atoms with Gasteiger partial charge in [0.25, 0.3) is 0 Å². The molecule has 1 fully saturated rings. The van der Waals surface area contributed by atoms with Crippen molar-refractivity contribution in [3.8, 4) is 0 Å². The van der Waals surface area contributed by atoms with Crippen LogP contribution < -0.4 is 10.6 Å². The number of carbonyl (C=O) groups is 1. The van der Waals surface area contributed by atoms with Crippen molar-refractivity contribution in [3.63, 3.8) is 0 Å². The molecule has 0 radical (unpaired) electrons. The highest BCUT2D eigenvalue weighted by atomic mass is 127. The fraction of sp³-hybridized carbons (Fsp3) is 0.652. The monoisotopic (exact) mass is 514 g/mol. The van der Waals surface area contributed by atoms with Gasteiger partial charge in [0.05, 0.1) is 0 Å². The number of hydrogen-bond donors (Lipinski definition) is 2. The second kappa shape index (κ2) is 12.4. The standard InChI is InChI=1S/C23H38N4O.HI/c1-6-24-22(25-17-23(4,5)16-19-10-8-7-9-11-19)26-20-12-14-27(15-13-20)21(28)18(2)3;/h7-11,18,20H,6,12-17H2,1-5H3,(H2,24,25,26);1H. The van der Waals surface area contributed by atoms with E-state index in [0.29, 0.717) is 6.04 Å². The van der Waals surface area contributed by atoms with Crippen molar-refractivity contribution in [1.82, 2.24) is 15.5 Å². The van der Waals surface area contributed by atoms with Gasteiger partial charge in [0.1, 0.15) is 0 Å². The molecule has 0 aromatic heterocycles. The molecular formula is C23H39IN4O. The number of aliphatic imine (C=N–C) groups is 1. The SMILES string of the molecule is CCNC(=NCC(C)(C)Cc1ccccc1)NC1CCN(C(=O)C(C)C)CC1.I. The van der Waals surface area contributed by atoms with Crippen molar-refractivity contribution < 1.29 is 4.79 Å². The quantitative estimate of drug-likeness (QED) is 0.328. The molecule has 0 aliphatic carbocycles. The van der Waals surface area contributed by atoms with Gasteiger partial charge < -0.3 is 15.5 Å². The van der Waals surface area contributed by atoms with Gasteiger partial charge in [-0.2, -0.15) is 0 Å². The minimum atomic E-state index is 0. The Morgan fingerprint density at radius 3 is 2.38 bits per heavy atom. The molecule has 1 aromatic carbocycles. The molecule has 1 amide bonds. The Balaban J connectivity index is 0.00000420. The molecule has 0 spiro atoms. The number of rotatable bonds is 7. The molecular weight excluding hydrogens is 475 g/mol. The largest absolute Gasteiger partial charge is 0.357 e. The maximum absolute atomic E-state index is 12.2. The smallest absolute Gasteiger partial charge is 0.225 e. The molecule has 1 heterocycles. The number of nitrogens with zero attached hydrogens (tertiary/aromatic N) is 2. The van der Waals surface area contributed by atoms with Crippen LogP contribution in [-0.2, 0) is 11.2 Å². The zero-order chi connectivity index (χ0) is 20.6. The summed E-state index contributed by atoms with van der Waals surface area (Å²) in [6.45, 7) is 13.8. The van der Waals surface area contributed by atoms with E-state index in [0.717, 1.165) is 51.4 Å². The highest BCUT2D eigenvalue weighted by Gasteiger charge is 2.25. The molecule has 2 rings (SSSR count). The lowest BCUT2D eigenvalue weighted by molar-refractivity contribution is -0.135. The molecule has 5 nitrogen and oxygen atoms in total. The summed E-state index contributed by atoms with van der Waals surface area (Å²) in [5.41, 5.74) is 1.44. The van der Waals surface area contributed by atoms with E-state index < -0.39 is 0 Å². The van der Waals surface area contributed by atoms with Crippen molar-refractivity contribution in [2.45, 2.75) is 59.9 Å². The summed E-state index contributed by atoms with van der Waals surface area (Å²) in [5, 5.41) is 6.96. The van der Waals surface area contributed by atoms with Crippen LogP contribution >= 0.6 is 24.0 Å². The molecule has 29 heavy (non-hydrogen) atoms. The van der Waals surface area contributed by atoms with Crippen LogP contribution in [0.1, 0.15) is 53.0 Å². The van der Waals surface area contributed by atoms with Crippen LogP contribution in [0, 0.1) is 11.3 Å². The lowest BCUT2D eigenvalue weighted by Gasteiger charge is -2.34. The Labute approximate surface area is 194 Å². The van der Waals surface area contributed by atoms with Gasteiger partial charge in [-0.15, -0.1) is 24.0 Å². The normalized spacial score (nSPS) is 15.8. The minimum Gasteiger partial charge on any atom is -0.357 e. The number of likely N-dealkylation sites (tertiary alicyclic amines) is 1. The highest BCUT2D eigenvalue weighted by molar-refractivity contribution is 14.0. The first-order valence-electron chi connectivity index (χ1n) is 10.7. The Bertz CT molecular complexity index is 638. The molecule has 0 saturated carbocycles. The predicted molar refractivity (Wildman–Crippen MR) is 133 cm³/mol. The predicted octanol–water partition coefficient (Wildman–Crippen LogP) is 4.08. The van der Waals surface area contributed by atoms with E-state index in [1.54, 1.807) is 0 Å². The third-order valence-corrected chi connectivity index (χ3v) is 5.18. The lowest BCUT2D eigenvalue weighted by Crippen LogP contribution is -2.50. The van der Waals surface area contributed by atoms with Crippen LogP contribution in [0.5, 0.6) is 0 Å². The second-order valence-electron chi connectivity index (χ2n) is 8.92. The van der Waals surface area contributed by atoms with E-state index >= 15 is 0 Å². The zero-order valence-electron chi connectivity index (χ0n) is 18.7. The van der Waals surface area contributed by atoms with Crippen LogP contribution in [0.2, 0.25) is 0 Å². The van der Waals surface area contributed by atoms with E-state index in [1.165, 1.54) is 5.56 Å². The first-order valence-corrected chi connectivity index (χ1v) is 10.7. The summed E-state index contributed by atoms with van der Waals surface area (Å²) in [4.78, 5) is 19.0. The molecule has 1 aliphatic heterocycles. The van der Waals surface area contributed by atoms with Crippen molar-refractivity contribution in [3.05, 3.63) is 35.9 Å². The zero-order valence-corrected chi connectivity index (χ0v) is 21.0. The summed E-state index contributed by atoms with van der Waals surface area (Å²) in [7, 11) is 0. The Morgan fingerprint density at radius 1 is 1.21 bits per heavy atom. The molecule has 0 bridgehead atoms. The summed E-state index contributed by atoms with van der Waals surface area (Å²) in [6.07, 6.45) is 2.94. The fourth-order valence-corrected chi connectivity index (χ4v) is 3.62. The number of piperidine rings is 1. The minimum absolute atomic E-state index is 0. The maximum Gasteiger partial charge on any atom is 0.225 e. The number of halogens is 1. The Kier molecular flexibility index (Phi) is 11.0. The molecule has 6 heteroatoms. The fourth-order valence-electron chi connectivity index (χ4n) is 3.62. The number of carbonyl (C=O) groups excluding carboxylic acids is 1. The van der Waals surface area contributed by atoms with Gasteiger partial charge in [-0.25, -0.2) is 0 Å². The molecule has 1 aliphatic rings. The number of benzene rings is 1. The Hall–Kier alpha value is -1.31. The van der Waals surface area contributed by atoms with Crippen molar-refractivity contribution in [2.24, 2.45) is 16.3 Å². The first-order chi connectivity index (χ1) is 13.3. The second-order valence-corrected chi connectivity index (χ2v) is 8.92. The lowest BCUT2D eigenvalue weighted by atomic mass is 9.86. The number of amides is 1. The third kappa shape index (κ3) is 8.93. The topological polar surface area (TPSA) is 56.7 Å². The van der Waals surface area contributed by atoms with Gasteiger partial charge in [0.15, 0.2) is 5.96 Å². The Morgan fingerprint density at radius 2 is 1.83 bits per heavy atom. The van der Waals surface area contributed by atoms with E-state index in [9.17, 15) is 4.79 Å². The van der Waals surface area contributed by atoms with Gasteiger partial charge in [0.2, 0.25) is 5.91 Å². The first kappa shape index (κ1) is 25.7. The van der Waals surface area contributed by atoms with E-state index in [4.69, 9.17) is 4.99 Å². The number of nitrogens with one attached hydrogen (secondary N) is 2. The molecule has 1 aromatic rings. The molecule has 0 atom stereocenters. The summed E-state index contributed by atoms with van der Waals surface area (Å²) in [6, 6.07) is 11.0. The number of guanidine groups is 1. The van der Waals surface area contributed by atoms with E-state index in [-0.39, 0.29) is 41.2 Å². The average molecular weight is 514 g/mol. The number of hydrogen-bond acceptors (Lipinski definition) is 2. The highest BCUT2D eigenvalue weighted by Crippen LogP contribution is 2.22. The van der Waals surface area contributed by atoms with Crippen LogP contribution in [0.25, 0.3) is 0 Å². The molecule has 1 saturated heterocycles.